The smallest absolute Gasteiger partial charge is 0.255 e. The first-order chi connectivity index (χ1) is 10.3. The Bertz CT molecular complexity index is 727. The highest BCUT2D eigenvalue weighted by atomic mass is 35.5. The van der Waals surface area contributed by atoms with Crippen LogP contribution in [0.2, 0.25) is 15.1 Å². The molecule has 7 heteroatoms. The second-order valence-corrected chi connectivity index (χ2v) is 5.77. The molecule has 0 saturated heterocycles. The average molecular weight is 358 g/mol. The summed E-state index contributed by atoms with van der Waals surface area (Å²) in [5.74, 6) is -0.597. The molecule has 22 heavy (non-hydrogen) atoms. The van der Waals surface area contributed by atoms with Crippen LogP contribution in [0.1, 0.15) is 17.3 Å². The number of nitrogens with one attached hydrogen (secondary N) is 2. The van der Waals surface area contributed by atoms with Crippen molar-refractivity contribution in [3.63, 3.8) is 0 Å². The molecule has 0 atom stereocenters. The van der Waals surface area contributed by atoms with Gasteiger partial charge in [-0.25, -0.2) is 0 Å². The lowest BCUT2D eigenvalue weighted by atomic mass is 10.2. The monoisotopic (exact) mass is 356 g/mol. The molecule has 0 aliphatic rings. The normalized spacial score (nSPS) is 10.2. The number of benzene rings is 2. The first kappa shape index (κ1) is 16.6. The molecule has 114 valence electrons. The molecule has 2 rings (SSSR count). The van der Waals surface area contributed by atoms with Crippen LogP contribution in [-0.2, 0) is 4.79 Å². The molecule has 0 bridgehead atoms. The van der Waals surface area contributed by atoms with Gasteiger partial charge in [0.1, 0.15) is 0 Å². The molecular formula is C15H11Cl3N2O2. The molecule has 0 unspecified atom stereocenters. The van der Waals surface area contributed by atoms with Crippen LogP contribution >= 0.6 is 34.8 Å². The summed E-state index contributed by atoms with van der Waals surface area (Å²) in [4.78, 5) is 23.2. The first-order valence-corrected chi connectivity index (χ1v) is 7.33. The average Bonchev–Trinajstić information content (AvgIpc) is 2.40. The summed E-state index contributed by atoms with van der Waals surface area (Å²) in [6, 6.07) is 9.33. The second kappa shape index (κ2) is 7.01. The van der Waals surface area contributed by atoms with E-state index in [1.807, 2.05) is 0 Å². The Morgan fingerprint density at radius 3 is 2.09 bits per heavy atom. The summed E-state index contributed by atoms with van der Waals surface area (Å²) in [6.45, 7) is 1.38. The molecule has 0 heterocycles. The van der Waals surface area contributed by atoms with Crippen molar-refractivity contribution in [3.8, 4) is 0 Å². The van der Waals surface area contributed by atoms with Gasteiger partial charge >= 0.3 is 0 Å². The Hall–Kier alpha value is -1.75. The molecule has 0 aliphatic carbocycles. The van der Waals surface area contributed by atoms with Gasteiger partial charge in [0.25, 0.3) is 5.91 Å². The van der Waals surface area contributed by atoms with Crippen LogP contribution in [0.25, 0.3) is 0 Å². The summed E-state index contributed by atoms with van der Waals surface area (Å²) in [7, 11) is 0. The number of hydrogen-bond acceptors (Lipinski definition) is 2. The van der Waals surface area contributed by atoms with E-state index in [0.29, 0.717) is 32.0 Å². The lowest BCUT2D eigenvalue weighted by Gasteiger charge is -2.09. The molecule has 4 nitrogen and oxygen atoms in total. The van der Waals surface area contributed by atoms with Crippen molar-refractivity contribution in [3.05, 3.63) is 57.0 Å². The number of halogens is 3. The maximum absolute atomic E-state index is 12.2. The van der Waals surface area contributed by atoms with Crippen molar-refractivity contribution < 1.29 is 9.59 Å². The van der Waals surface area contributed by atoms with Crippen molar-refractivity contribution in [1.82, 2.24) is 0 Å². The quantitative estimate of drug-likeness (QED) is 0.824. The van der Waals surface area contributed by atoms with Crippen molar-refractivity contribution >= 4 is 58.0 Å². The first-order valence-electron chi connectivity index (χ1n) is 6.20. The highest BCUT2D eigenvalue weighted by Gasteiger charge is 2.10. The van der Waals surface area contributed by atoms with E-state index < -0.39 is 0 Å². The van der Waals surface area contributed by atoms with Gasteiger partial charge in [-0.05, 0) is 36.4 Å². The predicted molar refractivity (Wildman–Crippen MR) is 90.2 cm³/mol. The van der Waals surface area contributed by atoms with Crippen LogP contribution in [0.15, 0.2) is 36.4 Å². The van der Waals surface area contributed by atoms with Crippen molar-refractivity contribution in [2.24, 2.45) is 0 Å². The minimum atomic E-state index is -0.368. The van der Waals surface area contributed by atoms with E-state index in [9.17, 15) is 9.59 Å². The van der Waals surface area contributed by atoms with E-state index in [0.717, 1.165) is 0 Å². The van der Waals surface area contributed by atoms with Gasteiger partial charge in [-0.2, -0.15) is 0 Å². The van der Waals surface area contributed by atoms with Crippen molar-refractivity contribution in [2.75, 3.05) is 10.6 Å². The topological polar surface area (TPSA) is 58.2 Å². The fraction of sp³-hybridized carbons (Fsp3) is 0.0667. The van der Waals surface area contributed by atoms with Gasteiger partial charge < -0.3 is 10.6 Å². The number of carbonyl (C=O) groups excluding carboxylic acids is 2. The van der Waals surface area contributed by atoms with Crippen LogP contribution < -0.4 is 10.6 Å². The van der Waals surface area contributed by atoms with E-state index in [-0.39, 0.29) is 11.8 Å². The third kappa shape index (κ3) is 4.37. The molecule has 0 aliphatic heterocycles. The number of rotatable bonds is 3. The van der Waals surface area contributed by atoms with Gasteiger partial charge in [0, 0.05) is 28.2 Å². The van der Waals surface area contributed by atoms with Gasteiger partial charge in [0.2, 0.25) is 5.91 Å². The standard InChI is InChI=1S/C15H11Cl3N2O2/c1-8(21)19-14-3-2-12(7-13(14)18)20-15(22)9-4-10(16)6-11(17)5-9/h2-7H,1H3,(H,19,21)(H,20,22). The maximum atomic E-state index is 12.2. The number of hydrogen-bond donors (Lipinski definition) is 2. The van der Waals surface area contributed by atoms with Gasteiger partial charge in [-0.1, -0.05) is 34.8 Å². The van der Waals surface area contributed by atoms with E-state index in [2.05, 4.69) is 10.6 Å². The molecule has 0 radical (unpaired) electrons. The number of amides is 2. The molecule has 2 aromatic rings. The highest BCUT2D eigenvalue weighted by molar-refractivity contribution is 6.35. The minimum Gasteiger partial charge on any atom is -0.325 e. The Kier molecular flexibility index (Phi) is 5.29. The molecule has 2 amide bonds. The van der Waals surface area contributed by atoms with Crippen LogP contribution in [0.5, 0.6) is 0 Å². The lowest BCUT2D eigenvalue weighted by molar-refractivity contribution is -0.114. The molecule has 0 spiro atoms. The Balaban J connectivity index is 2.18. The molecular weight excluding hydrogens is 347 g/mol. The highest BCUT2D eigenvalue weighted by Crippen LogP contribution is 2.26. The van der Waals surface area contributed by atoms with Crippen molar-refractivity contribution in [2.45, 2.75) is 6.92 Å². The Labute approximate surface area is 142 Å². The molecule has 2 aromatic carbocycles. The summed E-state index contributed by atoms with van der Waals surface area (Å²) < 4.78 is 0. The zero-order valence-corrected chi connectivity index (χ0v) is 13.7. The van der Waals surface area contributed by atoms with Gasteiger partial charge in [-0.3, -0.25) is 9.59 Å². The fourth-order valence-electron chi connectivity index (χ4n) is 1.77. The SMILES string of the molecule is CC(=O)Nc1ccc(NC(=O)c2cc(Cl)cc(Cl)c2)cc1Cl. The largest absolute Gasteiger partial charge is 0.325 e. The zero-order chi connectivity index (χ0) is 16.3. The number of carbonyl (C=O) groups is 2. The van der Waals surface area contributed by atoms with Crippen molar-refractivity contribution in [1.29, 1.82) is 0 Å². The molecule has 0 aromatic heterocycles. The Morgan fingerprint density at radius 2 is 1.55 bits per heavy atom. The van der Waals surface area contributed by atoms with Crippen LogP contribution in [0, 0.1) is 0 Å². The fourth-order valence-corrected chi connectivity index (χ4v) is 2.53. The predicted octanol–water partition coefficient (Wildman–Crippen LogP) is 4.86. The minimum absolute atomic E-state index is 0.229. The summed E-state index contributed by atoms with van der Waals surface area (Å²) in [6.07, 6.45) is 0. The molecule has 0 saturated carbocycles. The third-order valence-electron chi connectivity index (χ3n) is 2.66. The number of anilines is 2. The van der Waals surface area contributed by atoms with Crippen LogP contribution in [0.3, 0.4) is 0 Å². The van der Waals surface area contributed by atoms with Crippen LogP contribution in [-0.4, -0.2) is 11.8 Å². The summed E-state index contributed by atoms with van der Waals surface area (Å²) >= 11 is 17.8. The van der Waals surface area contributed by atoms with Gasteiger partial charge in [0.15, 0.2) is 0 Å². The lowest BCUT2D eigenvalue weighted by Crippen LogP contribution is -2.12. The maximum Gasteiger partial charge on any atom is 0.255 e. The molecule has 0 fully saturated rings. The second-order valence-electron chi connectivity index (χ2n) is 4.49. The van der Waals surface area contributed by atoms with E-state index in [4.69, 9.17) is 34.8 Å². The van der Waals surface area contributed by atoms with E-state index >= 15 is 0 Å². The van der Waals surface area contributed by atoms with Crippen LogP contribution in [0.4, 0.5) is 11.4 Å². The van der Waals surface area contributed by atoms with E-state index in [1.54, 1.807) is 18.2 Å². The Morgan fingerprint density at radius 1 is 0.909 bits per heavy atom. The third-order valence-corrected chi connectivity index (χ3v) is 3.41. The summed E-state index contributed by atoms with van der Waals surface area (Å²) in [5.41, 5.74) is 1.29. The zero-order valence-electron chi connectivity index (χ0n) is 11.4. The van der Waals surface area contributed by atoms with Gasteiger partial charge in [0.05, 0.1) is 10.7 Å². The molecule has 2 N–H and O–H groups in total. The van der Waals surface area contributed by atoms with Gasteiger partial charge in [-0.15, -0.1) is 0 Å². The summed E-state index contributed by atoms with van der Waals surface area (Å²) in [5, 5.41) is 6.32. The van der Waals surface area contributed by atoms with E-state index in [1.165, 1.54) is 25.1 Å².